The Morgan fingerprint density at radius 2 is 2.04 bits per heavy atom. The van der Waals surface area contributed by atoms with Crippen molar-refractivity contribution in [1.29, 1.82) is 0 Å². The van der Waals surface area contributed by atoms with Gasteiger partial charge in [-0.2, -0.15) is 0 Å². The van der Waals surface area contributed by atoms with Crippen LogP contribution in [0.1, 0.15) is 0 Å². The number of aromatic nitrogens is 3. The SMILES string of the molecule is O=C(CSc1n[nH]c(-c2ccccc2F)n1)Nc1ccc(Cl)cc1Cl. The lowest BCUT2D eigenvalue weighted by molar-refractivity contribution is -0.113. The third-order valence-corrected chi connectivity index (χ3v) is 4.53. The fraction of sp³-hybridized carbons (Fsp3) is 0.0625. The fourth-order valence-electron chi connectivity index (χ4n) is 1.99. The number of carbonyl (C=O) groups excluding carboxylic acids is 1. The molecule has 3 rings (SSSR count). The number of thioether (sulfide) groups is 1. The minimum atomic E-state index is -0.398. The molecule has 1 amide bonds. The molecule has 0 aliphatic carbocycles. The molecule has 128 valence electrons. The second-order valence-electron chi connectivity index (χ2n) is 4.91. The van der Waals surface area contributed by atoms with E-state index >= 15 is 0 Å². The van der Waals surface area contributed by atoms with Crippen LogP contribution in [0.5, 0.6) is 0 Å². The molecule has 0 atom stereocenters. The highest BCUT2D eigenvalue weighted by Gasteiger charge is 2.12. The second-order valence-corrected chi connectivity index (χ2v) is 6.69. The maximum absolute atomic E-state index is 13.7. The smallest absolute Gasteiger partial charge is 0.234 e. The minimum absolute atomic E-state index is 0.0769. The molecule has 9 heteroatoms. The van der Waals surface area contributed by atoms with E-state index in [1.54, 1.807) is 36.4 Å². The van der Waals surface area contributed by atoms with E-state index in [1.165, 1.54) is 6.07 Å². The fourth-order valence-corrected chi connectivity index (χ4v) is 3.05. The topological polar surface area (TPSA) is 70.7 Å². The average Bonchev–Trinajstić information content (AvgIpc) is 3.05. The lowest BCUT2D eigenvalue weighted by atomic mass is 10.2. The molecule has 25 heavy (non-hydrogen) atoms. The normalized spacial score (nSPS) is 10.7. The van der Waals surface area contributed by atoms with Crippen LogP contribution in [0.2, 0.25) is 10.0 Å². The number of amides is 1. The molecular formula is C16H11Cl2FN4OS. The van der Waals surface area contributed by atoms with Crippen LogP contribution in [0.15, 0.2) is 47.6 Å². The van der Waals surface area contributed by atoms with Gasteiger partial charge in [0.05, 0.1) is 22.0 Å². The Morgan fingerprint density at radius 1 is 1.24 bits per heavy atom. The predicted molar refractivity (Wildman–Crippen MR) is 97.6 cm³/mol. The Hall–Kier alpha value is -2.09. The summed E-state index contributed by atoms with van der Waals surface area (Å²) in [6.45, 7) is 0. The highest BCUT2D eigenvalue weighted by molar-refractivity contribution is 7.99. The Morgan fingerprint density at radius 3 is 2.80 bits per heavy atom. The van der Waals surface area contributed by atoms with Crippen molar-refractivity contribution in [2.45, 2.75) is 5.16 Å². The number of carbonyl (C=O) groups is 1. The van der Waals surface area contributed by atoms with Crippen LogP contribution in [0.4, 0.5) is 10.1 Å². The third-order valence-electron chi connectivity index (χ3n) is 3.13. The third kappa shape index (κ3) is 4.50. The van der Waals surface area contributed by atoms with Crippen LogP contribution < -0.4 is 5.32 Å². The van der Waals surface area contributed by atoms with Gasteiger partial charge in [-0.05, 0) is 30.3 Å². The maximum Gasteiger partial charge on any atom is 0.234 e. The van der Waals surface area contributed by atoms with Crippen LogP contribution in [0.3, 0.4) is 0 Å². The van der Waals surface area contributed by atoms with Crippen LogP contribution in [-0.2, 0) is 4.79 Å². The molecular weight excluding hydrogens is 386 g/mol. The van der Waals surface area contributed by atoms with Crippen molar-refractivity contribution in [3.8, 4) is 11.4 Å². The van der Waals surface area contributed by atoms with Crippen LogP contribution >= 0.6 is 35.0 Å². The van der Waals surface area contributed by atoms with Crippen molar-refractivity contribution in [2.24, 2.45) is 0 Å². The summed E-state index contributed by atoms with van der Waals surface area (Å²) in [6, 6.07) is 11.0. The summed E-state index contributed by atoms with van der Waals surface area (Å²) in [5, 5.41) is 10.5. The minimum Gasteiger partial charge on any atom is -0.324 e. The number of nitrogens with one attached hydrogen (secondary N) is 2. The first-order valence-electron chi connectivity index (χ1n) is 7.08. The zero-order chi connectivity index (χ0) is 17.8. The van der Waals surface area contributed by atoms with E-state index in [1.807, 2.05) is 0 Å². The first kappa shape index (κ1) is 17.7. The summed E-state index contributed by atoms with van der Waals surface area (Å²) in [5.41, 5.74) is 0.790. The standard InChI is InChI=1S/C16H11Cl2FN4OS/c17-9-5-6-13(11(18)7-9)20-14(24)8-25-16-21-15(22-23-16)10-3-1-2-4-12(10)19/h1-7H,8H2,(H,20,24)(H,21,22,23). The molecule has 0 bridgehead atoms. The zero-order valence-electron chi connectivity index (χ0n) is 12.6. The van der Waals surface area contributed by atoms with Gasteiger partial charge in [-0.3, -0.25) is 9.89 Å². The van der Waals surface area contributed by atoms with Gasteiger partial charge in [0.2, 0.25) is 11.1 Å². The molecule has 0 fully saturated rings. The van der Waals surface area contributed by atoms with Gasteiger partial charge in [0.15, 0.2) is 5.82 Å². The van der Waals surface area contributed by atoms with Crippen molar-refractivity contribution in [2.75, 3.05) is 11.1 Å². The molecule has 0 unspecified atom stereocenters. The molecule has 0 saturated carbocycles. The van der Waals surface area contributed by atoms with Crippen molar-refractivity contribution in [3.05, 3.63) is 58.3 Å². The predicted octanol–water partition coefficient (Wildman–Crippen LogP) is 4.65. The molecule has 1 aromatic heterocycles. The average molecular weight is 397 g/mol. The van der Waals surface area contributed by atoms with Gasteiger partial charge in [-0.1, -0.05) is 47.1 Å². The molecule has 5 nitrogen and oxygen atoms in total. The summed E-state index contributed by atoms with van der Waals surface area (Å²) in [4.78, 5) is 16.2. The van der Waals surface area contributed by atoms with Crippen molar-refractivity contribution >= 4 is 46.6 Å². The van der Waals surface area contributed by atoms with E-state index in [0.29, 0.717) is 32.3 Å². The summed E-state index contributed by atoms with van der Waals surface area (Å²) < 4.78 is 13.7. The quantitative estimate of drug-likeness (QED) is 0.615. The first-order valence-corrected chi connectivity index (χ1v) is 8.82. The Balaban J connectivity index is 1.60. The van der Waals surface area contributed by atoms with E-state index in [0.717, 1.165) is 11.8 Å². The Labute approximate surface area is 156 Å². The van der Waals surface area contributed by atoms with E-state index in [4.69, 9.17) is 23.2 Å². The van der Waals surface area contributed by atoms with Gasteiger partial charge in [0, 0.05) is 5.02 Å². The monoisotopic (exact) mass is 396 g/mol. The molecule has 0 aliphatic rings. The van der Waals surface area contributed by atoms with Crippen LogP contribution in [0, 0.1) is 5.82 Å². The number of nitrogens with zero attached hydrogens (tertiary/aromatic N) is 2. The molecule has 0 saturated heterocycles. The first-order chi connectivity index (χ1) is 12.0. The van der Waals surface area contributed by atoms with Gasteiger partial charge < -0.3 is 5.32 Å². The zero-order valence-corrected chi connectivity index (χ0v) is 14.9. The van der Waals surface area contributed by atoms with Gasteiger partial charge in [-0.15, -0.1) is 5.10 Å². The Bertz CT molecular complexity index is 919. The van der Waals surface area contributed by atoms with Crippen LogP contribution in [-0.4, -0.2) is 26.8 Å². The molecule has 1 heterocycles. The largest absolute Gasteiger partial charge is 0.324 e. The molecule has 0 spiro atoms. The molecule has 2 N–H and O–H groups in total. The highest BCUT2D eigenvalue weighted by atomic mass is 35.5. The summed E-state index contributed by atoms with van der Waals surface area (Å²) in [5.74, 6) is -0.286. The number of aromatic amines is 1. The number of benzene rings is 2. The van der Waals surface area contributed by atoms with E-state index in [9.17, 15) is 9.18 Å². The summed E-state index contributed by atoms with van der Waals surface area (Å²) in [6.07, 6.45) is 0. The lowest BCUT2D eigenvalue weighted by Crippen LogP contribution is -2.14. The molecule has 0 radical (unpaired) electrons. The van der Waals surface area contributed by atoms with Crippen molar-refractivity contribution in [3.63, 3.8) is 0 Å². The van der Waals surface area contributed by atoms with Crippen molar-refractivity contribution in [1.82, 2.24) is 15.2 Å². The number of halogens is 3. The molecule has 2 aromatic carbocycles. The van der Waals surface area contributed by atoms with E-state index in [2.05, 4.69) is 20.5 Å². The van der Waals surface area contributed by atoms with E-state index < -0.39 is 5.82 Å². The Kier molecular flexibility index (Phi) is 5.57. The summed E-state index contributed by atoms with van der Waals surface area (Å²) in [7, 11) is 0. The number of H-pyrrole nitrogens is 1. The number of hydrogen-bond donors (Lipinski definition) is 2. The van der Waals surface area contributed by atoms with Gasteiger partial charge in [0.1, 0.15) is 5.82 Å². The highest BCUT2D eigenvalue weighted by Crippen LogP contribution is 2.26. The molecule has 0 aliphatic heterocycles. The maximum atomic E-state index is 13.7. The van der Waals surface area contributed by atoms with Crippen LogP contribution in [0.25, 0.3) is 11.4 Å². The summed E-state index contributed by atoms with van der Waals surface area (Å²) >= 11 is 12.9. The lowest BCUT2D eigenvalue weighted by Gasteiger charge is -2.06. The van der Waals surface area contributed by atoms with Gasteiger partial charge in [0.25, 0.3) is 0 Å². The second kappa shape index (κ2) is 7.86. The van der Waals surface area contributed by atoms with Gasteiger partial charge >= 0.3 is 0 Å². The molecule has 3 aromatic rings. The number of hydrogen-bond acceptors (Lipinski definition) is 4. The van der Waals surface area contributed by atoms with E-state index in [-0.39, 0.29) is 11.7 Å². The number of rotatable bonds is 5. The van der Waals surface area contributed by atoms with Crippen molar-refractivity contribution < 1.29 is 9.18 Å². The number of anilines is 1. The van der Waals surface area contributed by atoms with Gasteiger partial charge in [-0.25, -0.2) is 9.37 Å².